The van der Waals surface area contributed by atoms with Gasteiger partial charge in [0.25, 0.3) is 0 Å². The summed E-state index contributed by atoms with van der Waals surface area (Å²) in [5.74, 6) is 3.63. The summed E-state index contributed by atoms with van der Waals surface area (Å²) < 4.78 is 0. The summed E-state index contributed by atoms with van der Waals surface area (Å²) in [5, 5.41) is 12.8. The van der Waals surface area contributed by atoms with Crippen molar-refractivity contribution < 1.29 is 9.72 Å². The van der Waals surface area contributed by atoms with E-state index in [1.165, 1.54) is 13.0 Å². The molecule has 82 valence electrons. The molecule has 0 saturated heterocycles. The van der Waals surface area contributed by atoms with Crippen LogP contribution in [0.5, 0.6) is 0 Å². The summed E-state index contributed by atoms with van der Waals surface area (Å²) in [4.78, 5) is 24.7. The molecule has 0 fully saturated rings. The second-order valence-electron chi connectivity index (χ2n) is 2.59. The average Bonchev–Trinajstić information content (AvgIpc) is 2.17. The van der Waals surface area contributed by atoms with Crippen LogP contribution in [0.1, 0.15) is 6.92 Å². The SMILES string of the molecule is CC#CC(=O)Nc1nc(Cl)ccc1[N+](=O)[O-]. The van der Waals surface area contributed by atoms with Crippen LogP contribution in [0.25, 0.3) is 0 Å². The second kappa shape index (κ2) is 5.09. The van der Waals surface area contributed by atoms with Gasteiger partial charge in [0.15, 0.2) is 0 Å². The maximum atomic E-state index is 11.1. The van der Waals surface area contributed by atoms with Crippen LogP contribution in [0.2, 0.25) is 5.15 Å². The number of nitro groups is 1. The molecule has 1 amide bonds. The zero-order valence-corrected chi connectivity index (χ0v) is 8.91. The number of nitrogens with zero attached hydrogens (tertiary/aromatic N) is 2. The van der Waals surface area contributed by atoms with E-state index in [1.54, 1.807) is 0 Å². The molecule has 0 spiro atoms. The fraction of sp³-hybridized carbons (Fsp3) is 0.111. The quantitative estimate of drug-likeness (QED) is 0.368. The van der Waals surface area contributed by atoms with E-state index in [-0.39, 0.29) is 16.7 Å². The van der Waals surface area contributed by atoms with Gasteiger partial charge in [0.05, 0.1) is 4.92 Å². The van der Waals surface area contributed by atoms with Crippen LogP contribution in [0.3, 0.4) is 0 Å². The number of hydrogen-bond acceptors (Lipinski definition) is 4. The predicted octanol–water partition coefficient (Wildman–Crippen LogP) is 1.60. The van der Waals surface area contributed by atoms with Crippen LogP contribution in [0.4, 0.5) is 11.5 Å². The number of nitrogens with one attached hydrogen (secondary N) is 1. The van der Waals surface area contributed by atoms with Crippen LogP contribution < -0.4 is 5.32 Å². The molecule has 6 nitrogen and oxygen atoms in total. The number of aromatic nitrogens is 1. The summed E-state index contributed by atoms with van der Waals surface area (Å²) in [6, 6.07) is 2.42. The van der Waals surface area contributed by atoms with Gasteiger partial charge in [0, 0.05) is 6.07 Å². The Morgan fingerprint density at radius 2 is 2.31 bits per heavy atom. The Morgan fingerprint density at radius 3 is 2.88 bits per heavy atom. The molecule has 0 radical (unpaired) electrons. The fourth-order valence-corrected chi connectivity index (χ4v) is 1.07. The molecule has 0 aromatic carbocycles. The van der Waals surface area contributed by atoms with Gasteiger partial charge in [-0.25, -0.2) is 4.98 Å². The summed E-state index contributed by atoms with van der Waals surface area (Å²) in [7, 11) is 0. The third-order valence-electron chi connectivity index (χ3n) is 1.51. The number of halogens is 1. The van der Waals surface area contributed by atoms with Crippen molar-refractivity contribution in [2.75, 3.05) is 5.32 Å². The molecular formula is C9H6ClN3O3. The molecule has 0 aliphatic carbocycles. The molecule has 1 aromatic heterocycles. The van der Waals surface area contributed by atoms with E-state index in [2.05, 4.69) is 22.1 Å². The van der Waals surface area contributed by atoms with E-state index in [9.17, 15) is 14.9 Å². The maximum Gasteiger partial charge on any atom is 0.311 e. The summed E-state index contributed by atoms with van der Waals surface area (Å²) in [6.07, 6.45) is 0. The molecule has 0 unspecified atom stereocenters. The van der Waals surface area contributed by atoms with Gasteiger partial charge >= 0.3 is 11.6 Å². The first-order valence-corrected chi connectivity index (χ1v) is 4.47. The largest absolute Gasteiger partial charge is 0.311 e. The van der Waals surface area contributed by atoms with Crippen LogP contribution in [-0.4, -0.2) is 15.8 Å². The maximum absolute atomic E-state index is 11.1. The van der Waals surface area contributed by atoms with Gasteiger partial charge in [-0.3, -0.25) is 20.2 Å². The Morgan fingerprint density at radius 1 is 1.62 bits per heavy atom. The molecular weight excluding hydrogens is 234 g/mol. The molecule has 16 heavy (non-hydrogen) atoms. The second-order valence-corrected chi connectivity index (χ2v) is 2.98. The molecule has 1 rings (SSSR count). The van der Waals surface area contributed by atoms with Crippen molar-refractivity contribution in [1.82, 2.24) is 4.98 Å². The lowest BCUT2D eigenvalue weighted by Crippen LogP contribution is -2.11. The third-order valence-corrected chi connectivity index (χ3v) is 1.72. The van der Waals surface area contributed by atoms with Crippen LogP contribution in [0, 0.1) is 22.0 Å². The highest BCUT2D eigenvalue weighted by Gasteiger charge is 2.17. The Balaban J connectivity index is 3.09. The van der Waals surface area contributed by atoms with Gasteiger partial charge in [0.2, 0.25) is 5.82 Å². The van der Waals surface area contributed by atoms with Crippen LogP contribution in [-0.2, 0) is 4.79 Å². The standard InChI is InChI=1S/C9H6ClN3O3/c1-2-3-8(14)12-9-6(13(15)16)4-5-7(10)11-9/h4-5H,1H3,(H,11,12,14). The number of amides is 1. The highest BCUT2D eigenvalue weighted by atomic mass is 35.5. The number of carbonyl (C=O) groups is 1. The molecule has 0 aliphatic heterocycles. The van der Waals surface area contributed by atoms with Gasteiger partial charge in [-0.05, 0) is 18.9 Å². The van der Waals surface area contributed by atoms with E-state index in [0.717, 1.165) is 6.07 Å². The van der Waals surface area contributed by atoms with Crippen molar-refractivity contribution in [2.24, 2.45) is 0 Å². The molecule has 0 atom stereocenters. The normalized spacial score (nSPS) is 8.88. The van der Waals surface area contributed by atoms with E-state index >= 15 is 0 Å². The van der Waals surface area contributed by atoms with Crippen molar-refractivity contribution >= 4 is 29.0 Å². The Bertz CT molecular complexity index is 504. The molecule has 0 saturated carbocycles. The highest BCUT2D eigenvalue weighted by molar-refractivity contribution is 6.29. The summed E-state index contributed by atoms with van der Waals surface area (Å²) >= 11 is 5.56. The number of anilines is 1. The monoisotopic (exact) mass is 239 g/mol. The molecule has 7 heteroatoms. The molecule has 1 N–H and O–H groups in total. The minimum absolute atomic E-state index is 0.0466. The summed E-state index contributed by atoms with van der Waals surface area (Å²) in [5.41, 5.74) is -0.337. The van der Waals surface area contributed by atoms with E-state index in [4.69, 9.17) is 11.6 Å². The van der Waals surface area contributed by atoms with Crippen molar-refractivity contribution in [3.63, 3.8) is 0 Å². The fourth-order valence-electron chi connectivity index (χ4n) is 0.920. The minimum Gasteiger partial charge on any atom is -0.294 e. The lowest BCUT2D eigenvalue weighted by atomic mass is 10.4. The van der Waals surface area contributed by atoms with E-state index in [0.29, 0.717) is 0 Å². The Kier molecular flexibility index (Phi) is 3.80. The van der Waals surface area contributed by atoms with Crippen LogP contribution in [0.15, 0.2) is 12.1 Å². The zero-order valence-electron chi connectivity index (χ0n) is 8.15. The molecule has 1 aromatic rings. The predicted molar refractivity (Wildman–Crippen MR) is 58.0 cm³/mol. The molecule has 0 bridgehead atoms. The number of hydrogen-bond donors (Lipinski definition) is 1. The highest BCUT2D eigenvalue weighted by Crippen LogP contribution is 2.23. The topological polar surface area (TPSA) is 85.1 Å². The third kappa shape index (κ3) is 2.93. The van der Waals surface area contributed by atoms with E-state index in [1.807, 2.05) is 0 Å². The van der Waals surface area contributed by atoms with Gasteiger partial charge in [-0.2, -0.15) is 0 Å². The van der Waals surface area contributed by atoms with Crippen molar-refractivity contribution in [3.05, 3.63) is 27.4 Å². The first-order chi connectivity index (χ1) is 7.54. The number of carbonyl (C=O) groups excluding carboxylic acids is 1. The van der Waals surface area contributed by atoms with Crippen molar-refractivity contribution in [3.8, 4) is 11.8 Å². The lowest BCUT2D eigenvalue weighted by Gasteiger charge is -2.01. The molecule has 0 aliphatic rings. The average molecular weight is 240 g/mol. The Labute approximate surface area is 95.8 Å². The first-order valence-electron chi connectivity index (χ1n) is 4.09. The van der Waals surface area contributed by atoms with Gasteiger partial charge in [-0.1, -0.05) is 17.5 Å². The minimum atomic E-state index is -0.680. The van der Waals surface area contributed by atoms with Gasteiger partial charge < -0.3 is 0 Å². The first kappa shape index (κ1) is 11.9. The van der Waals surface area contributed by atoms with Crippen LogP contribution >= 0.6 is 11.6 Å². The van der Waals surface area contributed by atoms with Crippen molar-refractivity contribution in [1.29, 1.82) is 0 Å². The number of pyridine rings is 1. The van der Waals surface area contributed by atoms with Gasteiger partial charge in [0.1, 0.15) is 5.15 Å². The molecule has 1 heterocycles. The lowest BCUT2D eigenvalue weighted by molar-refractivity contribution is -0.384. The van der Waals surface area contributed by atoms with E-state index < -0.39 is 10.8 Å². The van der Waals surface area contributed by atoms with Gasteiger partial charge in [-0.15, -0.1) is 0 Å². The summed E-state index contributed by atoms with van der Waals surface area (Å²) in [6.45, 7) is 1.47. The Hall–Kier alpha value is -2.13. The smallest absolute Gasteiger partial charge is 0.294 e. The zero-order chi connectivity index (χ0) is 12.1. The van der Waals surface area contributed by atoms with Crippen molar-refractivity contribution in [2.45, 2.75) is 6.92 Å². The number of rotatable bonds is 2.